The average molecular weight is 366 g/mol. The minimum Gasteiger partial charge on any atom is -0.320 e. The lowest BCUT2D eigenvalue weighted by Crippen LogP contribution is -2.27. The molecule has 3 rings (SSSR count). The van der Waals surface area contributed by atoms with E-state index in [0.717, 1.165) is 0 Å². The van der Waals surface area contributed by atoms with Gasteiger partial charge in [-0.1, -0.05) is 31.2 Å². The Hall–Kier alpha value is -3.55. The van der Waals surface area contributed by atoms with Crippen molar-refractivity contribution in [1.82, 2.24) is 9.78 Å². The number of nitrogens with zero attached hydrogens (tertiary/aromatic N) is 3. The highest BCUT2D eigenvalue weighted by atomic mass is 16.6. The summed E-state index contributed by atoms with van der Waals surface area (Å²) < 4.78 is 1.28. The van der Waals surface area contributed by atoms with E-state index in [2.05, 4.69) is 10.4 Å². The van der Waals surface area contributed by atoms with Crippen LogP contribution in [-0.2, 0) is 6.54 Å². The summed E-state index contributed by atoms with van der Waals surface area (Å²) in [6.45, 7) is 4.04. The van der Waals surface area contributed by atoms with Crippen LogP contribution >= 0.6 is 0 Å². The molecule has 1 amide bonds. The summed E-state index contributed by atoms with van der Waals surface area (Å²) in [7, 11) is 0. The number of non-ortho nitro benzene ring substituents is 1. The molecule has 0 aliphatic rings. The molecule has 1 heterocycles. The van der Waals surface area contributed by atoms with Gasteiger partial charge in [0.1, 0.15) is 0 Å². The van der Waals surface area contributed by atoms with Crippen LogP contribution in [-0.4, -0.2) is 20.6 Å². The number of rotatable bonds is 5. The highest BCUT2D eigenvalue weighted by Crippen LogP contribution is 2.23. The lowest BCUT2D eigenvalue weighted by molar-refractivity contribution is -0.384. The Balaban J connectivity index is 2.09. The number of fused-ring (bicyclic) bond motifs is 1. The van der Waals surface area contributed by atoms with Crippen LogP contribution in [0.15, 0.2) is 47.3 Å². The third-order valence-electron chi connectivity index (χ3n) is 4.20. The van der Waals surface area contributed by atoms with Crippen molar-refractivity contribution in [3.05, 3.63) is 74.2 Å². The lowest BCUT2D eigenvalue weighted by Gasteiger charge is -2.12. The number of aromatic nitrogens is 2. The first-order valence-electron chi connectivity index (χ1n) is 8.48. The number of nitro benzene ring substituents is 1. The van der Waals surface area contributed by atoms with Gasteiger partial charge in [-0.15, -0.1) is 0 Å². The van der Waals surface area contributed by atoms with Crippen LogP contribution in [0.4, 0.5) is 11.4 Å². The maximum Gasteiger partial charge on any atom is 0.276 e. The smallest absolute Gasteiger partial charge is 0.276 e. The van der Waals surface area contributed by atoms with Gasteiger partial charge in [0.05, 0.1) is 16.0 Å². The Morgan fingerprint density at radius 1 is 1.22 bits per heavy atom. The van der Waals surface area contributed by atoms with Gasteiger partial charge in [-0.05, 0) is 25.0 Å². The first kappa shape index (κ1) is 18.2. The van der Waals surface area contributed by atoms with E-state index in [1.54, 1.807) is 37.3 Å². The molecule has 0 bridgehead atoms. The number of amides is 1. The zero-order valence-corrected chi connectivity index (χ0v) is 14.9. The van der Waals surface area contributed by atoms with Crippen LogP contribution in [0, 0.1) is 17.0 Å². The molecule has 0 aliphatic carbocycles. The fourth-order valence-corrected chi connectivity index (χ4v) is 2.81. The molecule has 2 aromatic carbocycles. The van der Waals surface area contributed by atoms with Gasteiger partial charge in [-0.3, -0.25) is 19.7 Å². The number of aryl methyl sites for hydroxylation is 2. The van der Waals surface area contributed by atoms with Crippen LogP contribution in [0.5, 0.6) is 0 Å². The van der Waals surface area contributed by atoms with Crippen molar-refractivity contribution in [2.75, 3.05) is 5.32 Å². The number of carbonyl (C=O) groups is 1. The monoisotopic (exact) mass is 366 g/mol. The lowest BCUT2D eigenvalue weighted by atomic mass is 10.1. The molecule has 27 heavy (non-hydrogen) atoms. The number of anilines is 1. The normalized spacial score (nSPS) is 10.7. The second-order valence-electron chi connectivity index (χ2n) is 6.13. The quantitative estimate of drug-likeness (QED) is 0.551. The van der Waals surface area contributed by atoms with E-state index < -0.39 is 10.8 Å². The van der Waals surface area contributed by atoms with E-state index in [-0.39, 0.29) is 16.9 Å². The van der Waals surface area contributed by atoms with Crippen molar-refractivity contribution in [2.45, 2.75) is 26.8 Å². The van der Waals surface area contributed by atoms with E-state index in [4.69, 9.17) is 0 Å². The Labute approximate surface area is 154 Å². The van der Waals surface area contributed by atoms with Crippen molar-refractivity contribution in [1.29, 1.82) is 0 Å². The first-order valence-corrected chi connectivity index (χ1v) is 8.48. The van der Waals surface area contributed by atoms with Crippen LogP contribution < -0.4 is 10.9 Å². The van der Waals surface area contributed by atoms with Gasteiger partial charge in [0, 0.05) is 24.1 Å². The van der Waals surface area contributed by atoms with E-state index in [1.807, 2.05) is 6.92 Å². The summed E-state index contributed by atoms with van der Waals surface area (Å²) >= 11 is 0. The first-order chi connectivity index (χ1) is 12.9. The largest absolute Gasteiger partial charge is 0.320 e. The Morgan fingerprint density at radius 3 is 2.59 bits per heavy atom. The second kappa shape index (κ2) is 7.36. The molecule has 0 spiro atoms. The maximum absolute atomic E-state index is 12.9. The van der Waals surface area contributed by atoms with Gasteiger partial charge in [0.25, 0.3) is 17.2 Å². The topological polar surface area (TPSA) is 107 Å². The summed E-state index contributed by atoms with van der Waals surface area (Å²) in [5.41, 5.74) is 0.734. The molecule has 0 saturated heterocycles. The van der Waals surface area contributed by atoms with Gasteiger partial charge in [-0.2, -0.15) is 5.10 Å². The zero-order chi connectivity index (χ0) is 19.6. The molecule has 8 heteroatoms. The van der Waals surface area contributed by atoms with Gasteiger partial charge >= 0.3 is 0 Å². The molecule has 3 aromatic rings. The molecular formula is C19H18N4O4. The number of nitro groups is 1. The summed E-state index contributed by atoms with van der Waals surface area (Å²) in [6, 6.07) is 11.0. The molecule has 0 aliphatic heterocycles. The standard InChI is InChI=1S/C19H18N4O4/c1-3-10-22-19(25)15-7-5-4-6-14(15)17(21-22)18(24)20-16-11-13(23(26)27)9-8-12(16)2/h4-9,11H,3,10H2,1-2H3,(H,20,24). The number of nitrogens with one attached hydrogen (secondary N) is 1. The van der Waals surface area contributed by atoms with Gasteiger partial charge < -0.3 is 5.32 Å². The second-order valence-corrected chi connectivity index (χ2v) is 6.13. The van der Waals surface area contributed by atoms with Crippen LogP contribution in [0.2, 0.25) is 0 Å². The van der Waals surface area contributed by atoms with Crippen molar-refractivity contribution in [2.24, 2.45) is 0 Å². The molecule has 8 nitrogen and oxygen atoms in total. The van der Waals surface area contributed by atoms with E-state index in [9.17, 15) is 19.7 Å². The van der Waals surface area contributed by atoms with Crippen molar-refractivity contribution >= 4 is 28.1 Å². The third-order valence-corrected chi connectivity index (χ3v) is 4.20. The molecule has 0 fully saturated rings. The Morgan fingerprint density at radius 2 is 1.93 bits per heavy atom. The van der Waals surface area contributed by atoms with Gasteiger partial charge in [0.15, 0.2) is 5.69 Å². The third kappa shape index (κ3) is 3.55. The fourth-order valence-electron chi connectivity index (χ4n) is 2.81. The minimum absolute atomic E-state index is 0.101. The predicted molar refractivity (Wildman–Crippen MR) is 102 cm³/mol. The van der Waals surface area contributed by atoms with Crippen molar-refractivity contribution in [3.8, 4) is 0 Å². The van der Waals surface area contributed by atoms with Gasteiger partial charge in [0.2, 0.25) is 0 Å². The molecule has 0 unspecified atom stereocenters. The molecule has 1 N–H and O–H groups in total. The zero-order valence-electron chi connectivity index (χ0n) is 14.9. The van der Waals surface area contributed by atoms with E-state index in [0.29, 0.717) is 35.0 Å². The number of hydrogen-bond donors (Lipinski definition) is 1. The van der Waals surface area contributed by atoms with Crippen molar-refractivity contribution in [3.63, 3.8) is 0 Å². The van der Waals surface area contributed by atoms with E-state index >= 15 is 0 Å². The Bertz CT molecular complexity index is 1100. The summed E-state index contributed by atoms with van der Waals surface area (Å²) in [6.07, 6.45) is 0.691. The molecule has 0 atom stereocenters. The van der Waals surface area contributed by atoms with Crippen LogP contribution in [0.3, 0.4) is 0 Å². The predicted octanol–water partition coefficient (Wildman–Crippen LogP) is 3.28. The highest BCUT2D eigenvalue weighted by Gasteiger charge is 2.18. The summed E-state index contributed by atoms with van der Waals surface area (Å²) in [4.78, 5) is 35.9. The SMILES string of the molecule is CCCn1nc(C(=O)Nc2cc([N+](=O)[O-])ccc2C)c2ccccc2c1=O. The van der Waals surface area contributed by atoms with E-state index in [1.165, 1.54) is 16.8 Å². The molecule has 1 aromatic heterocycles. The summed E-state index contributed by atoms with van der Waals surface area (Å²) in [5.74, 6) is -0.528. The minimum atomic E-state index is -0.528. The number of carbonyl (C=O) groups excluding carboxylic acids is 1. The fraction of sp³-hybridized carbons (Fsp3) is 0.211. The maximum atomic E-state index is 12.9. The molecule has 0 saturated carbocycles. The average Bonchev–Trinajstić information content (AvgIpc) is 2.65. The van der Waals surface area contributed by atoms with Crippen LogP contribution in [0.1, 0.15) is 29.4 Å². The Kier molecular flexibility index (Phi) is 4.98. The van der Waals surface area contributed by atoms with Gasteiger partial charge in [-0.25, -0.2) is 4.68 Å². The number of benzene rings is 2. The molecule has 0 radical (unpaired) electrons. The van der Waals surface area contributed by atoms with Crippen molar-refractivity contribution < 1.29 is 9.72 Å². The number of hydrogen-bond acceptors (Lipinski definition) is 5. The summed E-state index contributed by atoms with van der Waals surface area (Å²) in [5, 5.41) is 18.7. The molecule has 138 valence electrons. The highest BCUT2D eigenvalue weighted by molar-refractivity contribution is 6.11. The molecular weight excluding hydrogens is 348 g/mol. The van der Waals surface area contributed by atoms with Crippen LogP contribution in [0.25, 0.3) is 10.8 Å².